The van der Waals surface area contributed by atoms with E-state index in [0.717, 1.165) is 0 Å². The van der Waals surface area contributed by atoms with Crippen molar-refractivity contribution in [2.24, 2.45) is 0 Å². The molecule has 27 valence electrons. The molecule has 0 N–H and O–H groups in total. The van der Waals surface area contributed by atoms with E-state index in [9.17, 15) is 0 Å². The summed E-state index contributed by atoms with van der Waals surface area (Å²) in [5, 5.41) is 0. The van der Waals surface area contributed by atoms with Gasteiger partial charge in [-0.05, 0) is 0 Å². The predicted molar refractivity (Wildman–Crippen MR) is 19.2 cm³/mol. The van der Waals surface area contributed by atoms with Crippen molar-refractivity contribution in [1.29, 1.82) is 0 Å². The summed E-state index contributed by atoms with van der Waals surface area (Å²) >= 11 is 0. The fraction of sp³-hybridized carbons (Fsp3) is 1.00. The van der Waals surface area contributed by atoms with Gasteiger partial charge >= 0.3 is 0 Å². The molecule has 0 nitrogen and oxygen atoms in total. The van der Waals surface area contributed by atoms with Crippen LogP contribution in [0.3, 0.4) is 0 Å². The number of hydrogen-bond acceptors (Lipinski definition) is 0. The number of hydrogen-bond donors (Lipinski definition) is 0. The Morgan fingerprint density at radius 3 is 0.750 bits per heavy atom. The SMILES string of the molecule is C.C.[Cl-].[Ga]. The standard InChI is InChI=1S/2CH4.ClH.Ga/h2*1H4;1H;/p-1. The van der Waals surface area contributed by atoms with E-state index in [0.29, 0.717) is 0 Å². The predicted octanol–water partition coefficient (Wildman–Crippen LogP) is -2.10. The first-order valence-electron chi connectivity index (χ1n) is 0. The van der Waals surface area contributed by atoms with E-state index in [-0.39, 0.29) is 47.1 Å². The van der Waals surface area contributed by atoms with Crippen molar-refractivity contribution < 1.29 is 12.4 Å². The first kappa shape index (κ1) is 88.5. The topological polar surface area (TPSA) is 0 Å². The van der Waals surface area contributed by atoms with Crippen LogP contribution in [0.15, 0.2) is 0 Å². The molecule has 0 fully saturated rings. The third-order valence-corrected chi connectivity index (χ3v) is 0. The summed E-state index contributed by atoms with van der Waals surface area (Å²) in [7, 11) is 0. The summed E-state index contributed by atoms with van der Waals surface area (Å²) in [6.45, 7) is 0. The van der Waals surface area contributed by atoms with Gasteiger partial charge in [0.25, 0.3) is 0 Å². The molecule has 0 amide bonds. The molecule has 0 aliphatic carbocycles. The molecule has 0 heterocycles. The van der Waals surface area contributed by atoms with E-state index < -0.39 is 0 Å². The first-order chi connectivity index (χ1) is 0. The molecule has 0 aliphatic rings. The van der Waals surface area contributed by atoms with Crippen LogP contribution in [0, 0.1) is 0 Å². The molecule has 3 radical (unpaired) electrons. The summed E-state index contributed by atoms with van der Waals surface area (Å²) in [6.07, 6.45) is 0. The van der Waals surface area contributed by atoms with Crippen LogP contribution < -0.4 is 12.4 Å². The van der Waals surface area contributed by atoms with Crippen LogP contribution >= 0.6 is 0 Å². The second kappa shape index (κ2) is 39.2. The van der Waals surface area contributed by atoms with Gasteiger partial charge in [0, 0.05) is 19.8 Å². The molecule has 0 aromatic heterocycles. The van der Waals surface area contributed by atoms with E-state index in [1.807, 2.05) is 0 Å². The third-order valence-electron chi connectivity index (χ3n) is 0. The summed E-state index contributed by atoms with van der Waals surface area (Å²) in [5.74, 6) is 0. The van der Waals surface area contributed by atoms with Gasteiger partial charge in [0.05, 0.1) is 0 Å². The second-order valence-electron chi connectivity index (χ2n) is 0. The van der Waals surface area contributed by atoms with Gasteiger partial charge in [0.2, 0.25) is 0 Å². The molecule has 0 aromatic carbocycles. The van der Waals surface area contributed by atoms with E-state index in [1.54, 1.807) is 0 Å². The van der Waals surface area contributed by atoms with Gasteiger partial charge in [-0.1, -0.05) is 14.9 Å². The smallest absolute Gasteiger partial charge is 0 e. The molecule has 0 bridgehead atoms. The van der Waals surface area contributed by atoms with Gasteiger partial charge in [0.1, 0.15) is 0 Å². The Bertz CT molecular complexity index is 6.00. The Morgan fingerprint density at radius 2 is 0.750 bits per heavy atom. The van der Waals surface area contributed by atoms with E-state index >= 15 is 0 Å². The third kappa shape index (κ3) is 12.7. The van der Waals surface area contributed by atoms with Crippen LogP contribution in [0.1, 0.15) is 14.9 Å². The fourth-order valence-electron chi connectivity index (χ4n) is 0. The Morgan fingerprint density at radius 1 is 0.750 bits per heavy atom. The van der Waals surface area contributed by atoms with Crippen LogP contribution in [-0.4, -0.2) is 19.8 Å². The molecule has 0 saturated carbocycles. The average molecular weight is 137 g/mol. The van der Waals surface area contributed by atoms with Gasteiger partial charge in [-0.25, -0.2) is 0 Å². The van der Waals surface area contributed by atoms with Gasteiger partial charge in [-0.15, -0.1) is 0 Å². The number of halogens is 1. The van der Waals surface area contributed by atoms with Crippen LogP contribution in [0.25, 0.3) is 0 Å². The van der Waals surface area contributed by atoms with Crippen molar-refractivity contribution in [2.45, 2.75) is 14.9 Å². The Hall–Kier alpha value is 0.926. The first-order valence-corrected chi connectivity index (χ1v) is 0. The Labute approximate surface area is 47.4 Å². The van der Waals surface area contributed by atoms with Gasteiger partial charge < -0.3 is 12.4 Å². The molecular weight excluding hydrogens is 129 g/mol. The normalized spacial score (nSPS) is 0. The maximum absolute atomic E-state index is 0. The fourth-order valence-corrected chi connectivity index (χ4v) is 0. The quantitative estimate of drug-likeness (QED) is 0.335. The monoisotopic (exact) mass is 136 g/mol. The molecule has 0 unspecified atom stereocenters. The van der Waals surface area contributed by atoms with Crippen molar-refractivity contribution in [3.05, 3.63) is 0 Å². The molecular formula is C2H8ClGa-. The zero-order chi connectivity index (χ0) is 0. The average Bonchev–Trinajstić information content (AvgIpc) is 0. The van der Waals surface area contributed by atoms with Crippen molar-refractivity contribution >= 4 is 19.8 Å². The minimum Gasteiger partial charge on any atom is -1.00 e. The summed E-state index contributed by atoms with van der Waals surface area (Å²) in [4.78, 5) is 0. The minimum absolute atomic E-state index is 0. The van der Waals surface area contributed by atoms with Crippen LogP contribution in [0.5, 0.6) is 0 Å². The molecule has 0 spiro atoms. The molecule has 0 rings (SSSR count). The van der Waals surface area contributed by atoms with Crippen molar-refractivity contribution in [3.63, 3.8) is 0 Å². The molecule has 0 saturated heterocycles. The van der Waals surface area contributed by atoms with E-state index in [2.05, 4.69) is 0 Å². The summed E-state index contributed by atoms with van der Waals surface area (Å²) in [6, 6.07) is 0. The molecule has 2 heteroatoms. The van der Waals surface area contributed by atoms with Crippen LogP contribution in [-0.2, 0) is 0 Å². The second-order valence-corrected chi connectivity index (χ2v) is 0. The van der Waals surface area contributed by atoms with Gasteiger partial charge in [-0.3, -0.25) is 0 Å². The molecule has 4 heavy (non-hydrogen) atoms. The number of rotatable bonds is 0. The summed E-state index contributed by atoms with van der Waals surface area (Å²) in [5.41, 5.74) is 0. The Kier molecular flexibility index (Phi) is 867. The van der Waals surface area contributed by atoms with Crippen molar-refractivity contribution in [2.75, 3.05) is 0 Å². The maximum atomic E-state index is 0. The van der Waals surface area contributed by atoms with Crippen LogP contribution in [0.2, 0.25) is 0 Å². The van der Waals surface area contributed by atoms with Crippen molar-refractivity contribution in [3.8, 4) is 0 Å². The van der Waals surface area contributed by atoms with E-state index in [1.165, 1.54) is 0 Å². The zero-order valence-electron chi connectivity index (χ0n) is 0.955. The van der Waals surface area contributed by atoms with Crippen molar-refractivity contribution in [1.82, 2.24) is 0 Å². The summed E-state index contributed by atoms with van der Waals surface area (Å²) < 4.78 is 0. The zero-order valence-corrected chi connectivity index (χ0v) is 4.13. The minimum atomic E-state index is 0. The van der Waals surface area contributed by atoms with Gasteiger partial charge in [0.15, 0.2) is 0 Å². The van der Waals surface area contributed by atoms with E-state index in [4.69, 9.17) is 0 Å². The molecule has 0 aromatic rings. The van der Waals surface area contributed by atoms with Crippen LogP contribution in [0.4, 0.5) is 0 Å². The maximum Gasteiger partial charge on any atom is 0 e. The largest absolute Gasteiger partial charge is 1.00 e. The van der Waals surface area contributed by atoms with Gasteiger partial charge in [-0.2, -0.15) is 0 Å². The Balaban J connectivity index is 0. The molecule has 0 atom stereocenters. The molecule has 0 aliphatic heterocycles.